The van der Waals surface area contributed by atoms with E-state index in [9.17, 15) is 19.2 Å². The van der Waals surface area contributed by atoms with Crippen LogP contribution in [-0.4, -0.2) is 29.9 Å². The molecule has 0 heterocycles. The van der Waals surface area contributed by atoms with Crippen LogP contribution in [0.2, 0.25) is 0 Å². The minimum Gasteiger partial charge on any atom is -0.463 e. The van der Waals surface area contributed by atoms with Gasteiger partial charge in [0.15, 0.2) is 17.3 Å². The molecule has 0 fully saturated rings. The summed E-state index contributed by atoms with van der Waals surface area (Å²) in [6, 6.07) is 2.12. The van der Waals surface area contributed by atoms with Crippen molar-refractivity contribution in [2.75, 3.05) is 6.61 Å². The van der Waals surface area contributed by atoms with Gasteiger partial charge in [0.05, 0.1) is 17.6 Å². The molecule has 3 unspecified atom stereocenters. The average Bonchev–Trinajstić information content (AvgIpc) is 2.85. The van der Waals surface area contributed by atoms with Gasteiger partial charge in [-0.15, -0.1) is 0 Å². The highest BCUT2D eigenvalue weighted by Gasteiger charge is 2.63. The molecule has 0 bridgehead atoms. The lowest BCUT2D eigenvalue weighted by Gasteiger charge is -2.59. The number of carbonyl (C=O) groups is 4. The molecule has 220 valence electrons. The first-order valence-corrected chi connectivity index (χ1v) is 15.1. The van der Waals surface area contributed by atoms with Gasteiger partial charge in [-0.3, -0.25) is 14.4 Å². The number of allylic oxidation sites excluding steroid dienone is 4. The quantitative estimate of drug-likeness (QED) is 0.147. The lowest BCUT2D eigenvalue weighted by molar-refractivity contribution is -0.138. The van der Waals surface area contributed by atoms with Gasteiger partial charge >= 0.3 is 5.97 Å². The third kappa shape index (κ3) is 4.70. The number of carbonyl (C=O) groups excluding carboxylic acids is 4. The van der Waals surface area contributed by atoms with E-state index in [1.54, 1.807) is 6.08 Å². The van der Waals surface area contributed by atoms with E-state index >= 15 is 0 Å². The Balaban J connectivity index is 1.91. The molecule has 1 aromatic carbocycles. The number of hydrogen-bond donors (Lipinski definition) is 0. The fraction of sp³-hybridized carbons (Fsp3) is 0.556. The molecule has 5 heteroatoms. The Hall–Kier alpha value is -3.08. The second kappa shape index (κ2) is 10.6. The van der Waals surface area contributed by atoms with Gasteiger partial charge in [0.2, 0.25) is 0 Å². The number of benzene rings is 1. The number of ketones is 3. The maximum absolute atomic E-state index is 14.7. The van der Waals surface area contributed by atoms with Crippen LogP contribution in [0.1, 0.15) is 127 Å². The van der Waals surface area contributed by atoms with Crippen LogP contribution in [0, 0.1) is 23.2 Å². The molecular weight excluding hydrogens is 512 g/mol. The van der Waals surface area contributed by atoms with E-state index in [0.29, 0.717) is 37.0 Å². The van der Waals surface area contributed by atoms with Crippen molar-refractivity contribution in [1.82, 2.24) is 0 Å². The summed E-state index contributed by atoms with van der Waals surface area (Å²) in [4.78, 5) is 53.7. The minimum atomic E-state index is -0.940. The zero-order valence-corrected chi connectivity index (χ0v) is 26.6. The zero-order chi connectivity index (χ0) is 30.7. The molecule has 3 atom stereocenters. The standard InChI is InChI=1S/C36H46O5/c1-11-12-15-41-28(38)14-13-25-16-26(20(2)3)27-18-34(8)19-35(9)17-21(4)29(24(7)37)33(40)36(35,10)23(6)31(34)32(39)30(27)22(25)5/h13-14,16,20H,11-12,15,17-19H2,1-10H3/b14-13+. The lowest BCUT2D eigenvalue weighted by Crippen LogP contribution is -2.57. The van der Waals surface area contributed by atoms with Gasteiger partial charge in [-0.2, -0.15) is 0 Å². The van der Waals surface area contributed by atoms with Gasteiger partial charge in [-0.05, 0) is 100.0 Å². The number of rotatable bonds is 7. The molecule has 3 aliphatic carbocycles. The highest BCUT2D eigenvalue weighted by Crippen LogP contribution is 2.66. The van der Waals surface area contributed by atoms with Crippen molar-refractivity contribution in [3.8, 4) is 0 Å². The van der Waals surface area contributed by atoms with E-state index < -0.39 is 16.2 Å². The van der Waals surface area contributed by atoms with Crippen LogP contribution in [0.25, 0.3) is 6.08 Å². The van der Waals surface area contributed by atoms with Gasteiger partial charge in [0.1, 0.15) is 0 Å². The van der Waals surface area contributed by atoms with Crippen molar-refractivity contribution in [1.29, 1.82) is 0 Å². The van der Waals surface area contributed by atoms with Crippen molar-refractivity contribution in [3.05, 3.63) is 62.3 Å². The van der Waals surface area contributed by atoms with Crippen molar-refractivity contribution in [3.63, 3.8) is 0 Å². The summed E-state index contributed by atoms with van der Waals surface area (Å²) in [6.07, 6.45) is 7.02. The summed E-state index contributed by atoms with van der Waals surface area (Å²) in [6.45, 7) is 20.3. The fourth-order valence-electron chi connectivity index (χ4n) is 8.24. The second-order valence-electron chi connectivity index (χ2n) is 13.7. The van der Waals surface area contributed by atoms with Crippen molar-refractivity contribution in [2.45, 2.75) is 107 Å². The molecule has 41 heavy (non-hydrogen) atoms. The van der Waals surface area contributed by atoms with Crippen molar-refractivity contribution in [2.24, 2.45) is 16.2 Å². The Labute approximate surface area is 245 Å². The molecule has 4 rings (SSSR count). The van der Waals surface area contributed by atoms with E-state index in [1.807, 2.05) is 34.6 Å². The highest BCUT2D eigenvalue weighted by molar-refractivity contribution is 6.24. The van der Waals surface area contributed by atoms with Crippen LogP contribution in [-0.2, 0) is 25.5 Å². The summed E-state index contributed by atoms with van der Waals surface area (Å²) in [5.41, 5.74) is 5.43. The second-order valence-corrected chi connectivity index (χ2v) is 13.7. The molecule has 0 aliphatic heterocycles. The summed E-state index contributed by atoms with van der Waals surface area (Å²) in [7, 11) is 0. The number of hydrogen-bond acceptors (Lipinski definition) is 5. The smallest absolute Gasteiger partial charge is 0.330 e. The molecule has 0 aromatic heterocycles. The van der Waals surface area contributed by atoms with Crippen LogP contribution in [0.15, 0.2) is 34.4 Å². The van der Waals surface area contributed by atoms with Crippen molar-refractivity contribution >= 4 is 29.4 Å². The molecule has 3 aliphatic rings. The summed E-state index contributed by atoms with van der Waals surface area (Å²) >= 11 is 0. The highest BCUT2D eigenvalue weighted by atomic mass is 16.5. The molecule has 0 radical (unpaired) electrons. The number of ether oxygens (including phenoxy) is 1. The van der Waals surface area contributed by atoms with Gasteiger partial charge in [-0.25, -0.2) is 4.79 Å². The monoisotopic (exact) mass is 558 g/mol. The van der Waals surface area contributed by atoms with Crippen LogP contribution in [0.3, 0.4) is 0 Å². The first-order chi connectivity index (χ1) is 19.0. The maximum Gasteiger partial charge on any atom is 0.330 e. The normalized spacial score (nSPS) is 27.8. The van der Waals surface area contributed by atoms with Crippen LogP contribution in [0.4, 0.5) is 0 Å². The molecule has 0 N–H and O–H groups in total. The van der Waals surface area contributed by atoms with Gasteiger partial charge in [0, 0.05) is 22.6 Å². The van der Waals surface area contributed by atoms with E-state index in [-0.39, 0.29) is 29.2 Å². The molecule has 1 aromatic rings. The Bertz CT molecular complexity index is 1450. The Morgan fingerprint density at radius 2 is 1.73 bits per heavy atom. The lowest BCUT2D eigenvalue weighted by atomic mass is 9.42. The Morgan fingerprint density at radius 3 is 2.32 bits per heavy atom. The average molecular weight is 559 g/mol. The third-order valence-electron chi connectivity index (χ3n) is 10.4. The topological polar surface area (TPSA) is 77.5 Å². The molecule has 5 nitrogen and oxygen atoms in total. The summed E-state index contributed by atoms with van der Waals surface area (Å²) in [5.74, 6) is -0.596. The SMILES string of the molecule is CCCCOC(=O)/C=C/c1cc(C(C)C)c2c(c1C)C(=O)C1=C(C)C3(C)C(=O)C(C(C)=O)=C(C)CC3(C)CC1(C)C2. The van der Waals surface area contributed by atoms with E-state index in [0.717, 1.165) is 51.8 Å². The number of Topliss-reactive ketones (excluding diaryl/α,β-unsaturated/α-hetero) is 3. The predicted octanol–water partition coefficient (Wildman–Crippen LogP) is 7.83. The predicted molar refractivity (Wildman–Crippen MR) is 163 cm³/mol. The third-order valence-corrected chi connectivity index (χ3v) is 10.4. The van der Waals surface area contributed by atoms with Crippen LogP contribution < -0.4 is 0 Å². The zero-order valence-electron chi connectivity index (χ0n) is 26.6. The number of esters is 1. The molecule has 0 saturated carbocycles. The summed E-state index contributed by atoms with van der Waals surface area (Å²) in [5, 5.41) is 0. The Kier molecular flexibility index (Phi) is 8.01. The molecular formula is C36H46O5. The fourth-order valence-corrected chi connectivity index (χ4v) is 8.24. The Morgan fingerprint density at radius 1 is 1.07 bits per heavy atom. The van der Waals surface area contributed by atoms with Crippen molar-refractivity contribution < 1.29 is 23.9 Å². The number of fused-ring (bicyclic) bond motifs is 3. The summed E-state index contributed by atoms with van der Waals surface area (Å²) < 4.78 is 5.31. The molecule has 0 amide bonds. The molecule has 0 spiro atoms. The maximum atomic E-state index is 14.7. The van der Waals surface area contributed by atoms with Gasteiger partial charge < -0.3 is 4.74 Å². The molecule has 0 saturated heterocycles. The first kappa shape index (κ1) is 30.9. The first-order valence-electron chi connectivity index (χ1n) is 15.1. The van der Waals surface area contributed by atoms with Crippen LogP contribution >= 0.6 is 0 Å². The van der Waals surface area contributed by atoms with E-state index in [4.69, 9.17) is 4.74 Å². The van der Waals surface area contributed by atoms with Crippen LogP contribution in [0.5, 0.6) is 0 Å². The van der Waals surface area contributed by atoms with E-state index in [2.05, 4.69) is 33.8 Å². The van der Waals surface area contributed by atoms with Gasteiger partial charge in [0.25, 0.3) is 0 Å². The largest absolute Gasteiger partial charge is 0.463 e. The van der Waals surface area contributed by atoms with Gasteiger partial charge in [-0.1, -0.05) is 58.3 Å². The van der Waals surface area contributed by atoms with E-state index in [1.165, 1.54) is 13.0 Å². The number of unbranched alkanes of at least 4 members (excludes halogenated alkanes) is 1. The minimum absolute atomic E-state index is 0.0295.